The van der Waals surface area contributed by atoms with Gasteiger partial charge >= 0.3 is 6.18 Å². The summed E-state index contributed by atoms with van der Waals surface area (Å²) in [7, 11) is 0. The molecule has 1 aliphatic carbocycles. The zero-order valence-electron chi connectivity index (χ0n) is 18.2. The van der Waals surface area contributed by atoms with Crippen molar-refractivity contribution in [2.75, 3.05) is 26.2 Å². The number of halogens is 3. The molecule has 1 aromatic carbocycles. The number of amides is 1. The molecular formula is C23H30F3N5O. The summed E-state index contributed by atoms with van der Waals surface area (Å²) in [5.41, 5.74) is 0.346. The van der Waals surface area contributed by atoms with Gasteiger partial charge < -0.3 is 10.2 Å². The zero-order valence-corrected chi connectivity index (χ0v) is 18.2. The maximum absolute atomic E-state index is 13.1. The third kappa shape index (κ3) is 5.68. The van der Waals surface area contributed by atoms with Gasteiger partial charge in [-0.1, -0.05) is 24.1 Å². The van der Waals surface area contributed by atoms with Crippen LogP contribution in [-0.4, -0.2) is 52.0 Å². The standard InChI is InChI=1S/C23H30F3N5O/c24-23(25,26)18-8-7-9-19(16-18)31-21(17-10-11-17)20(28-29-31)22(32)27-12-3-1-4-13-30-14-5-2-6-15-30/h7-9,16-17H,1-6,10-15H2,(H,27,32). The van der Waals surface area contributed by atoms with Gasteiger partial charge in [0.1, 0.15) is 0 Å². The van der Waals surface area contributed by atoms with Gasteiger partial charge in [-0.15, -0.1) is 5.10 Å². The lowest BCUT2D eigenvalue weighted by Gasteiger charge is -2.26. The molecule has 0 radical (unpaired) electrons. The monoisotopic (exact) mass is 449 g/mol. The third-order valence-corrected chi connectivity index (χ3v) is 6.19. The van der Waals surface area contributed by atoms with Gasteiger partial charge in [-0.2, -0.15) is 13.2 Å². The fourth-order valence-corrected chi connectivity index (χ4v) is 4.28. The highest BCUT2D eigenvalue weighted by Crippen LogP contribution is 2.42. The Hall–Kier alpha value is -2.42. The van der Waals surface area contributed by atoms with Gasteiger partial charge in [0.15, 0.2) is 5.69 Å². The lowest BCUT2D eigenvalue weighted by molar-refractivity contribution is -0.137. The summed E-state index contributed by atoms with van der Waals surface area (Å²) < 4.78 is 40.7. The summed E-state index contributed by atoms with van der Waals surface area (Å²) >= 11 is 0. The molecule has 1 saturated heterocycles. The minimum absolute atomic E-state index is 0.102. The molecule has 2 fully saturated rings. The number of alkyl halides is 3. The molecule has 0 unspecified atom stereocenters. The van der Waals surface area contributed by atoms with Crippen LogP contribution in [0, 0.1) is 0 Å². The van der Waals surface area contributed by atoms with Crippen molar-refractivity contribution in [3.8, 4) is 5.69 Å². The van der Waals surface area contributed by atoms with Gasteiger partial charge in [0.2, 0.25) is 0 Å². The smallest absolute Gasteiger partial charge is 0.351 e. The van der Waals surface area contributed by atoms with Crippen LogP contribution in [0.4, 0.5) is 13.2 Å². The normalized spacial score (nSPS) is 17.5. The number of nitrogens with one attached hydrogen (secondary N) is 1. The fourth-order valence-electron chi connectivity index (χ4n) is 4.28. The van der Waals surface area contributed by atoms with Crippen LogP contribution < -0.4 is 5.32 Å². The second kappa shape index (κ2) is 10.0. The molecule has 1 aliphatic heterocycles. The molecular weight excluding hydrogens is 419 g/mol. The van der Waals surface area contributed by atoms with E-state index >= 15 is 0 Å². The number of likely N-dealkylation sites (tertiary alicyclic amines) is 1. The van der Waals surface area contributed by atoms with Crippen LogP contribution >= 0.6 is 0 Å². The van der Waals surface area contributed by atoms with Gasteiger partial charge in [-0.25, -0.2) is 4.68 Å². The molecule has 0 bridgehead atoms. The summed E-state index contributed by atoms with van der Waals surface area (Å²) in [6.07, 6.45) is 4.29. The van der Waals surface area contributed by atoms with E-state index in [4.69, 9.17) is 0 Å². The average molecular weight is 450 g/mol. The van der Waals surface area contributed by atoms with E-state index in [2.05, 4.69) is 20.5 Å². The fraction of sp³-hybridized carbons (Fsp3) is 0.609. The molecule has 0 atom stereocenters. The number of benzene rings is 1. The van der Waals surface area contributed by atoms with Gasteiger partial charge in [-0.05, 0) is 76.4 Å². The van der Waals surface area contributed by atoms with E-state index in [-0.39, 0.29) is 23.2 Å². The Morgan fingerprint density at radius 3 is 2.59 bits per heavy atom. The van der Waals surface area contributed by atoms with Crippen molar-refractivity contribution in [3.63, 3.8) is 0 Å². The van der Waals surface area contributed by atoms with Gasteiger partial charge in [0.05, 0.1) is 16.9 Å². The Kier molecular flexibility index (Phi) is 7.13. The molecule has 174 valence electrons. The van der Waals surface area contributed by atoms with Crippen molar-refractivity contribution in [2.24, 2.45) is 0 Å². The van der Waals surface area contributed by atoms with Crippen molar-refractivity contribution in [1.82, 2.24) is 25.2 Å². The van der Waals surface area contributed by atoms with Crippen LogP contribution in [0.2, 0.25) is 0 Å². The summed E-state index contributed by atoms with van der Waals surface area (Å²) in [4.78, 5) is 15.2. The molecule has 6 nitrogen and oxygen atoms in total. The number of nitrogens with zero attached hydrogens (tertiary/aromatic N) is 4. The van der Waals surface area contributed by atoms with Crippen LogP contribution in [0.25, 0.3) is 5.69 Å². The number of rotatable bonds is 9. The van der Waals surface area contributed by atoms with Crippen molar-refractivity contribution in [1.29, 1.82) is 0 Å². The Labute approximate surface area is 186 Å². The topological polar surface area (TPSA) is 63.1 Å². The molecule has 32 heavy (non-hydrogen) atoms. The molecule has 0 spiro atoms. The predicted molar refractivity (Wildman–Crippen MR) is 115 cm³/mol. The van der Waals surface area contributed by atoms with Crippen molar-refractivity contribution < 1.29 is 18.0 Å². The Morgan fingerprint density at radius 1 is 1.09 bits per heavy atom. The summed E-state index contributed by atoms with van der Waals surface area (Å²) in [6, 6.07) is 4.97. The van der Waals surface area contributed by atoms with Crippen LogP contribution in [0.5, 0.6) is 0 Å². The number of hydrogen-bond acceptors (Lipinski definition) is 4. The van der Waals surface area contributed by atoms with Crippen LogP contribution in [0.15, 0.2) is 24.3 Å². The van der Waals surface area contributed by atoms with E-state index in [1.807, 2.05) is 0 Å². The minimum Gasteiger partial charge on any atom is -0.351 e. The molecule has 2 aromatic rings. The van der Waals surface area contributed by atoms with Gasteiger partial charge in [-0.3, -0.25) is 4.79 Å². The Balaban J connectivity index is 1.34. The van der Waals surface area contributed by atoms with E-state index in [1.54, 1.807) is 6.07 Å². The number of carbonyl (C=O) groups excluding carboxylic acids is 1. The molecule has 1 N–H and O–H groups in total. The summed E-state index contributed by atoms with van der Waals surface area (Å²) in [5.74, 6) is -0.203. The number of aromatic nitrogens is 3. The molecule has 2 aliphatic rings. The van der Waals surface area contributed by atoms with E-state index in [0.29, 0.717) is 12.2 Å². The maximum Gasteiger partial charge on any atom is 0.416 e. The summed E-state index contributed by atoms with van der Waals surface area (Å²) in [5, 5.41) is 11.0. The molecule has 9 heteroatoms. The first-order valence-electron chi connectivity index (χ1n) is 11.6. The minimum atomic E-state index is -4.44. The number of piperidine rings is 1. The molecule has 1 aromatic heterocycles. The molecule has 4 rings (SSSR count). The van der Waals surface area contributed by atoms with Crippen LogP contribution in [0.3, 0.4) is 0 Å². The van der Waals surface area contributed by atoms with Gasteiger partial charge in [0.25, 0.3) is 5.91 Å². The largest absolute Gasteiger partial charge is 0.416 e. The van der Waals surface area contributed by atoms with Crippen molar-refractivity contribution in [3.05, 3.63) is 41.2 Å². The first-order chi connectivity index (χ1) is 15.4. The van der Waals surface area contributed by atoms with Crippen LogP contribution in [-0.2, 0) is 6.18 Å². The summed E-state index contributed by atoms with van der Waals surface area (Å²) in [6.45, 7) is 4.06. The first-order valence-corrected chi connectivity index (χ1v) is 11.6. The second-order valence-corrected chi connectivity index (χ2v) is 8.78. The van der Waals surface area contributed by atoms with Gasteiger partial charge in [0, 0.05) is 12.5 Å². The number of unbranched alkanes of at least 4 members (excludes halogenated alkanes) is 2. The second-order valence-electron chi connectivity index (χ2n) is 8.78. The van der Waals surface area contributed by atoms with E-state index < -0.39 is 11.7 Å². The SMILES string of the molecule is O=C(NCCCCCN1CCCCC1)c1nnn(-c2cccc(C(F)(F)F)c2)c1C1CC1. The maximum atomic E-state index is 13.1. The quantitative estimate of drug-likeness (QED) is 0.571. The Morgan fingerprint density at radius 2 is 1.88 bits per heavy atom. The van der Waals surface area contributed by atoms with Crippen molar-refractivity contribution >= 4 is 5.91 Å². The highest BCUT2D eigenvalue weighted by atomic mass is 19.4. The number of hydrogen-bond donors (Lipinski definition) is 1. The number of carbonyl (C=O) groups is 1. The highest BCUT2D eigenvalue weighted by molar-refractivity contribution is 5.93. The van der Waals surface area contributed by atoms with E-state index in [0.717, 1.165) is 50.8 Å². The highest BCUT2D eigenvalue weighted by Gasteiger charge is 2.35. The zero-order chi connectivity index (χ0) is 22.6. The molecule has 2 heterocycles. The molecule has 1 amide bonds. The third-order valence-electron chi connectivity index (χ3n) is 6.19. The average Bonchev–Trinajstić information content (AvgIpc) is 3.53. The first kappa shape index (κ1) is 22.8. The van der Waals surface area contributed by atoms with E-state index in [1.165, 1.54) is 43.1 Å². The lowest BCUT2D eigenvalue weighted by Crippen LogP contribution is -2.30. The van der Waals surface area contributed by atoms with E-state index in [9.17, 15) is 18.0 Å². The van der Waals surface area contributed by atoms with Crippen LogP contribution in [0.1, 0.15) is 79.0 Å². The Bertz CT molecular complexity index is 917. The molecule has 1 saturated carbocycles. The predicted octanol–water partition coefficient (Wildman–Crippen LogP) is 4.55. The lowest BCUT2D eigenvalue weighted by atomic mass is 10.1. The van der Waals surface area contributed by atoms with Crippen molar-refractivity contribution in [2.45, 2.75) is 63.5 Å².